The summed E-state index contributed by atoms with van der Waals surface area (Å²) in [6, 6.07) is -1.48. The minimum absolute atomic E-state index is 0.00567. The number of carboxylic acids is 1. The van der Waals surface area contributed by atoms with Crippen molar-refractivity contribution in [3.8, 4) is 0 Å². The summed E-state index contributed by atoms with van der Waals surface area (Å²) in [7, 11) is 2.04. The maximum Gasteiger partial charge on any atom is 0.326 e. The van der Waals surface area contributed by atoms with Gasteiger partial charge >= 0.3 is 12.0 Å². The van der Waals surface area contributed by atoms with Gasteiger partial charge in [0.05, 0.1) is 0 Å². The Hall–Kier alpha value is -1.34. The van der Waals surface area contributed by atoms with Crippen molar-refractivity contribution in [3.05, 3.63) is 0 Å². The highest BCUT2D eigenvalue weighted by Gasteiger charge is 2.27. The molecule has 7 nitrogen and oxygen atoms in total. The zero-order chi connectivity index (χ0) is 14.4. The lowest BCUT2D eigenvalue weighted by molar-refractivity contribution is -0.139. The van der Waals surface area contributed by atoms with E-state index in [0.29, 0.717) is 5.92 Å². The van der Waals surface area contributed by atoms with Crippen LogP contribution >= 0.6 is 0 Å². The number of amides is 2. The number of carboxylic acid groups (broad SMARTS) is 1. The van der Waals surface area contributed by atoms with Crippen LogP contribution in [0.5, 0.6) is 0 Å². The van der Waals surface area contributed by atoms with Crippen LogP contribution in [0.25, 0.3) is 0 Å². The summed E-state index contributed by atoms with van der Waals surface area (Å²) in [4.78, 5) is 24.8. The highest BCUT2D eigenvalue weighted by molar-refractivity contribution is 5.82. The van der Waals surface area contributed by atoms with Crippen molar-refractivity contribution in [2.24, 2.45) is 5.92 Å². The number of rotatable bonds is 5. The number of aliphatic carboxylic acids is 1. The first-order valence-corrected chi connectivity index (χ1v) is 6.53. The van der Waals surface area contributed by atoms with Crippen molar-refractivity contribution in [1.29, 1.82) is 0 Å². The van der Waals surface area contributed by atoms with Crippen LogP contribution in [0.3, 0.4) is 0 Å². The molecular formula is C12H23N3O4. The van der Waals surface area contributed by atoms with Crippen LogP contribution in [0.15, 0.2) is 0 Å². The van der Waals surface area contributed by atoms with Crippen LogP contribution in [0.2, 0.25) is 0 Å². The number of nitrogens with one attached hydrogen (secondary N) is 2. The van der Waals surface area contributed by atoms with Gasteiger partial charge in [-0.25, -0.2) is 9.59 Å². The minimum atomic E-state index is -1.14. The van der Waals surface area contributed by atoms with Crippen LogP contribution < -0.4 is 10.6 Å². The third-order valence-electron chi connectivity index (χ3n) is 3.45. The molecule has 0 aromatic rings. The maximum absolute atomic E-state index is 11.7. The number of carbonyl (C=O) groups excluding carboxylic acids is 1. The summed E-state index contributed by atoms with van der Waals surface area (Å²) in [6.45, 7) is 3.60. The third-order valence-corrected chi connectivity index (χ3v) is 3.45. The van der Waals surface area contributed by atoms with Crippen LogP contribution in [0.4, 0.5) is 4.79 Å². The first-order chi connectivity index (χ1) is 8.93. The molecular weight excluding hydrogens is 250 g/mol. The summed E-state index contributed by atoms with van der Waals surface area (Å²) >= 11 is 0. The second kappa shape index (κ2) is 7.30. The number of nitrogens with zero attached hydrogens (tertiary/aromatic N) is 1. The van der Waals surface area contributed by atoms with E-state index >= 15 is 0 Å². The predicted octanol–water partition coefficient (Wildman–Crippen LogP) is -0.539. The fourth-order valence-corrected chi connectivity index (χ4v) is 2.32. The number of hydrogen-bond acceptors (Lipinski definition) is 4. The van der Waals surface area contributed by atoms with E-state index in [1.807, 2.05) is 7.05 Å². The number of urea groups is 1. The zero-order valence-electron chi connectivity index (χ0n) is 11.4. The Kier molecular flexibility index (Phi) is 6.04. The maximum atomic E-state index is 11.7. The van der Waals surface area contributed by atoms with Crippen LogP contribution in [-0.2, 0) is 4.79 Å². The molecule has 19 heavy (non-hydrogen) atoms. The van der Waals surface area contributed by atoms with Gasteiger partial charge in [0.1, 0.15) is 6.04 Å². The molecule has 3 atom stereocenters. The van der Waals surface area contributed by atoms with Crippen molar-refractivity contribution in [2.75, 3.05) is 26.7 Å². The molecule has 1 aliphatic heterocycles. The van der Waals surface area contributed by atoms with Gasteiger partial charge in [0.2, 0.25) is 0 Å². The SMILES string of the molecule is CC1CN(C)CCC1NC(=O)NC(CCO)C(=O)O. The van der Waals surface area contributed by atoms with Gasteiger partial charge in [0, 0.05) is 25.6 Å². The Bertz CT molecular complexity index is 324. The van der Waals surface area contributed by atoms with Crippen molar-refractivity contribution in [1.82, 2.24) is 15.5 Å². The molecule has 1 rings (SSSR count). The fraction of sp³-hybridized carbons (Fsp3) is 0.833. The molecule has 1 fully saturated rings. The van der Waals surface area contributed by atoms with Crippen LogP contribution in [-0.4, -0.2) is 65.9 Å². The Morgan fingerprint density at radius 1 is 1.47 bits per heavy atom. The molecule has 0 aromatic carbocycles. The molecule has 0 radical (unpaired) electrons. The average molecular weight is 273 g/mol. The Morgan fingerprint density at radius 2 is 2.16 bits per heavy atom. The molecule has 3 unspecified atom stereocenters. The largest absolute Gasteiger partial charge is 0.480 e. The number of likely N-dealkylation sites (tertiary alicyclic amines) is 1. The van der Waals surface area contributed by atoms with E-state index in [2.05, 4.69) is 22.5 Å². The van der Waals surface area contributed by atoms with Gasteiger partial charge < -0.3 is 25.7 Å². The molecule has 0 aromatic heterocycles. The number of hydrogen-bond donors (Lipinski definition) is 4. The highest BCUT2D eigenvalue weighted by Crippen LogP contribution is 2.15. The molecule has 110 valence electrons. The first-order valence-electron chi connectivity index (χ1n) is 6.53. The smallest absolute Gasteiger partial charge is 0.326 e. The standard InChI is InChI=1S/C12H23N3O4/c1-8-7-15(2)5-3-9(8)13-12(19)14-10(4-6-16)11(17)18/h8-10,16H,3-7H2,1-2H3,(H,17,18)(H2,13,14,19). The van der Waals surface area contributed by atoms with E-state index in [1.54, 1.807) is 0 Å². The van der Waals surface area contributed by atoms with E-state index in [9.17, 15) is 9.59 Å². The molecule has 2 amide bonds. The van der Waals surface area contributed by atoms with Gasteiger partial charge in [-0.1, -0.05) is 6.92 Å². The molecule has 1 aliphatic rings. The first kappa shape index (κ1) is 15.7. The van der Waals surface area contributed by atoms with Gasteiger partial charge in [-0.2, -0.15) is 0 Å². The lowest BCUT2D eigenvalue weighted by Gasteiger charge is -2.35. The molecule has 1 heterocycles. The Balaban J connectivity index is 2.43. The predicted molar refractivity (Wildman–Crippen MR) is 69.9 cm³/mol. The van der Waals surface area contributed by atoms with Crippen LogP contribution in [0.1, 0.15) is 19.8 Å². The van der Waals surface area contributed by atoms with Gasteiger partial charge in [-0.05, 0) is 25.9 Å². The molecule has 0 aliphatic carbocycles. The molecule has 4 N–H and O–H groups in total. The topological polar surface area (TPSA) is 102 Å². The van der Waals surface area contributed by atoms with E-state index < -0.39 is 18.0 Å². The van der Waals surface area contributed by atoms with Gasteiger partial charge in [-0.15, -0.1) is 0 Å². The van der Waals surface area contributed by atoms with Crippen molar-refractivity contribution in [2.45, 2.75) is 31.8 Å². The quantitative estimate of drug-likeness (QED) is 0.539. The van der Waals surface area contributed by atoms with E-state index in [-0.39, 0.29) is 19.1 Å². The summed E-state index contributed by atoms with van der Waals surface area (Å²) in [5, 5.41) is 22.8. The van der Waals surface area contributed by atoms with E-state index in [0.717, 1.165) is 19.5 Å². The van der Waals surface area contributed by atoms with E-state index in [1.165, 1.54) is 0 Å². The second-order valence-corrected chi connectivity index (χ2v) is 5.16. The normalized spacial score (nSPS) is 25.6. The summed E-state index contributed by atoms with van der Waals surface area (Å²) < 4.78 is 0. The Morgan fingerprint density at radius 3 is 2.68 bits per heavy atom. The third kappa shape index (κ3) is 5.04. The monoisotopic (exact) mass is 273 g/mol. The van der Waals surface area contributed by atoms with Gasteiger partial charge in [0.15, 0.2) is 0 Å². The van der Waals surface area contributed by atoms with Crippen LogP contribution in [0, 0.1) is 5.92 Å². The fourth-order valence-electron chi connectivity index (χ4n) is 2.32. The Labute approximate surface area is 113 Å². The molecule has 1 saturated heterocycles. The van der Waals surface area contributed by atoms with Gasteiger partial charge in [-0.3, -0.25) is 0 Å². The molecule has 0 saturated carbocycles. The summed E-state index contributed by atoms with van der Waals surface area (Å²) in [6.07, 6.45) is 0.856. The lowest BCUT2D eigenvalue weighted by atomic mass is 9.94. The lowest BCUT2D eigenvalue weighted by Crippen LogP contribution is -2.54. The van der Waals surface area contributed by atoms with Crippen molar-refractivity contribution < 1.29 is 19.8 Å². The molecule has 7 heteroatoms. The zero-order valence-corrected chi connectivity index (χ0v) is 11.4. The molecule has 0 bridgehead atoms. The minimum Gasteiger partial charge on any atom is -0.480 e. The van der Waals surface area contributed by atoms with Crippen molar-refractivity contribution in [3.63, 3.8) is 0 Å². The van der Waals surface area contributed by atoms with Gasteiger partial charge in [0.25, 0.3) is 0 Å². The summed E-state index contributed by atoms with van der Waals surface area (Å²) in [5.41, 5.74) is 0. The highest BCUT2D eigenvalue weighted by atomic mass is 16.4. The van der Waals surface area contributed by atoms with Crippen molar-refractivity contribution >= 4 is 12.0 Å². The summed E-state index contributed by atoms with van der Waals surface area (Å²) in [5.74, 6) is -0.814. The number of aliphatic hydroxyl groups excluding tert-OH is 1. The number of piperidine rings is 1. The number of aliphatic hydroxyl groups is 1. The molecule has 0 spiro atoms. The van der Waals surface area contributed by atoms with E-state index in [4.69, 9.17) is 10.2 Å². The number of carbonyl (C=O) groups is 2. The second-order valence-electron chi connectivity index (χ2n) is 5.16. The average Bonchev–Trinajstić information content (AvgIpc) is 2.32.